The molecule has 0 aromatic heterocycles. The molecule has 3 amide bonds. The first-order valence-corrected chi connectivity index (χ1v) is 14.6. The summed E-state index contributed by atoms with van der Waals surface area (Å²) in [5.41, 5.74) is 2.33. The van der Waals surface area contributed by atoms with Crippen LogP contribution in [0, 0.1) is 0 Å². The van der Waals surface area contributed by atoms with Crippen LogP contribution in [0.25, 0.3) is 0 Å². The van der Waals surface area contributed by atoms with Crippen molar-refractivity contribution in [3.05, 3.63) is 53.1 Å². The summed E-state index contributed by atoms with van der Waals surface area (Å²) in [4.78, 5) is 44.4. The average Bonchev–Trinajstić information content (AvgIpc) is 3.21. The summed E-state index contributed by atoms with van der Waals surface area (Å²) < 4.78 is 10.8. The second-order valence-corrected chi connectivity index (χ2v) is 10.5. The largest absolute Gasteiger partial charge is 0.493 e. The van der Waals surface area contributed by atoms with Crippen molar-refractivity contribution in [1.29, 1.82) is 0 Å². The quantitative estimate of drug-likeness (QED) is 0.312. The van der Waals surface area contributed by atoms with E-state index in [1.165, 1.54) is 37.7 Å². The van der Waals surface area contributed by atoms with E-state index < -0.39 is 12.1 Å². The Labute approximate surface area is 242 Å². The molecule has 2 aromatic rings. The number of carboxylic acid groups (broad SMARTS) is 1. The maximum Gasteiger partial charge on any atom is 0.404 e. The molecule has 10 nitrogen and oxygen atoms in total. The van der Waals surface area contributed by atoms with Gasteiger partial charge in [0.25, 0.3) is 11.8 Å². The van der Waals surface area contributed by atoms with E-state index in [4.69, 9.17) is 14.6 Å². The number of nitrogens with one attached hydrogen (secondary N) is 1. The first-order valence-electron chi connectivity index (χ1n) is 14.6. The number of fused-ring (bicyclic) bond motifs is 1. The van der Waals surface area contributed by atoms with Crippen molar-refractivity contribution in [2.24, 2.45) is 0 Å². The zero-order chi connectivity index (χ0) is 29.4. The van der Waals surface area contributed by atoms with Crippen molar-refractivity contribution >= 4 is 23.6 Å². The Morgan fingerprint density at radius 3 is 2.22 bits per heavy atom. The Kier molecular flexibility index (Phi) is 10.5. The molecule has 1 saturated carbocycles. The van der Waals surface area contributed by atoms with Crippen LogP contribution in [0.3, 0.4) is 0 Å². The lowest BCUT2D eigenvalue weighted by Gasteiger charge is -2.36. The lowest BCUT2D eigenvalue weighted by atomic mass is 9.99. The predicted octanol–water partition coefficient (Wildman–Crippen LogP) is 4.79. The Hall–Kier alpha value is -3.79. The lowest BCUT2D eigenvalue weighted by molar-refractivity contribution is 0.0571. The molecule has 0 bridgehead atoms. The highest BCUT2D eigenvalue weighted by molar-refractivity contribution is 6.24. The predicted molar refractivity (Wildman–Crippen MR) is 157 cm³/mol. The minimum absolute atomic E-state index is 0.204. The third-order valence-corrected chi connectivity index (χ3v) is 8.12. The molecule has 41 heavy (non-hydrogen) atoms. The molecular formula is C31H42N4O6. The van der Waals surface area contributed by atoms with Gasteiger partial charge in [-0.05, 0) is 49.2 Å². The maximum atomic E-state index is 13.9. The number of piperazine rings is 1. The van der Waals surface area contributed by atoms with Crippen LogP contribution in [-0.4, -0.2) is 86.3 Å². The third kappa shape index (κ3) is 6.93. The lowest BCUT2D eigenvalue weighted by Crippen LogP contribution is -2.46. The number of nitrogens with zero attached hydrogens (tertiary/aromatic N) is 3. The van der Waals surface area contributed by atoms with Crippen LogP contribution in [0.1, 0.15) is 77.8 Å². The zero-order valence-electron chi connectivity index (χ0n) is 24.4. The van der Waals surface area contributed by atoms with Gasteiger partial charge in [-0.1, -0.05) is 44.7 Å². The number of rotatable bonds is 10. The van der Waals surface area contributed by atoms with Crippen LogP contribution < -0.4 is 19.7 Å². The molecule has 3 aliphatic rings. The molecule has 0 unspecified atom stereocenters. The van der Waals surface area contributed by atoms with E-state index in [1.807, 2.05) is 18.2 Å². The number of hydrogen-bond donors (Lipinski definition) is 2. The summed E-state index contributed by atoms with van der Waals surface area (Å²) in [7, 11) is 3.07. The van der Waals surface area contributed by atoms with Crippen LogP contribution in [-0.2, 0) is 0 Å². The SMILES string of the molecule is C1CCC1.CCN1CCN(c2cccc3c2C(=O)N([C@H](CCCNC(=O)O)c2ccc(OC)c(OC)c2)C3=O)CC1. The van der Waals surface area contributed by atoms with E-state index in [9.17, 15) is 14.4 Å². The van der Waals surface area contributed by atoms with Gasteiger partial charge in [-0.25, -0.2) is 4.79 Å². The van der Waals surface area contributed by atoms with Gasteiger partial charge < -0.3 is 29.7 Å². The van der Waals surface area contributed by atoms with Gasteiger partial charge in [0, 0.05) is 32.7 Å². The molecule has 0 spiro atoms. The molecule has 1 aliphatic carbocycles. The fourth-order valence-electron chi connectivity index (χ4n) is 5.38. The van der Waals surface area contributed by atoms with Crippen molar-refractivity contribution in [3.8, 4) is 11.5 Å². The summed E-state index contributed by atoms with van der Waals surface area (Å²) in [6.45, 7) is 6.69. The molecule has 222 valence electrons. The fourth-order valence-corrected chi connectivity index (χ4v) is 5.38. The van der Waals surface area contributed by atoms with E-state index in [0.29, 0.717) is 41.0 Å². The van der Waals surface area contributed by atoms with Crippen molar-refractivity contribution in [2.75, 3.05) is 58.4 Å². The van der Waals surface area contributed by atoms with Gasteiger partial charge in [-0.3, -0.25) is 14.5 Å². The standard InChI is InChI=1S/C27H34N4O6.C4H8/c1-4-29-13-15-30(16-14-29)21-8-5-7-19-24(21)26(33)31(25(19)32)20(9-6-12-28-27(34)35)18-10-11-22(36-2)23(17-18)37-3;1-2-4-3-1/h5,7-8,10-11,17,20,28H,4,6,9,12-16H2,1-3H3,(H,34,35);1-4H2/t20-;/m1./s1. The Morgan fingerprint density at radius 1 is 0.951 bits per heavy atom. The smallest absolute Gasteiger partial charge is 0.404 e. The average molecular weight is 567 g/mol. The summed E-state index contributed by atoms with van der Waals surface area (Å²) in [5, 5.41) is 11.3. The van der Waals surface area contributed by atoms with E-state index in [1.54, 1.807) is 25.3 Å². The molecule has 5 rings (SSSR count). The Bertz CT molecular complexity index is 1220. The zero-order valence-corrected chi connectivity index (χ0v) is 24.4. The molecule has 2 fully saturated rings. The molecular weight excluding hydrogens is 524 g/mol. The second-order valence-electron chi connectivity index (χ2n) is 10.5. The van der Waals surface area contributed by atoms with Gasteiger partial charge >= 0.3 is 6.09 Å². The van der Waals surface area contributed by atoms with Gasteiger partial charge in [0.1, 0.15) is 0 Å². The molecule has 2 aromatic carbocycles. The van der Waals surface area contributed by atoms with Crippen LogP contribution in [0.2, 0.25) is 0 Å². The molecule has 10 heteroatoms. The number of carbonyl (C=O) groups is 3. The monoisotopic (exact) mass is 566 g/mol. The Morgan fingerprint density at radius 2 is 1.63 bits per heavy atom. The molecule has 2 aliphatic heterocycles. The van der Waals surface area contributed by atoms with E-state index >= 15 is 0 Å². The third-order valence-electron chi connectivity index (χ3n) is 8.12. The van der Waals surface area contributed by atoms with Gasteiger partial charge in [0.2, 0.25) is 0 Å². The number of ether oxygens (including phenoxy) is 2. The fraction of sp³-hybridized carbons (Fsp3) is 0.516. The van der Waals surface area contributed by atoms with Crippen molar-refractivity contribution in [1.82, 2.24) is 15.1 Å². The first-order chi connectivity index (χ1) is 19.9. The van der Waals surface area contributed by atoms with E-state index in [2.05, 4.69) is 22.0 Å². The van der Waals surface area contributed by atoms with Crippen LogP contribution in [0.4, 0.5) is 10.5 Å². The molecule has 2 heterocycles. The summed E-state index contributed by atoms with van der Waals surface area (Å²) in [6, 6.07) is 10.2. The highest BCUT2D eigenvalue weighted by Crippen LogP contribution is 2.40. The van der Waals surface area contributed by atoms with Crippen LogP contribution in [0.15, 0.2) is 36.4 Å². The molecule has 2 N–H and O–H groups in total. The number of hydrogen-bond acceptors (Lipinski definition) is 7. The molecule has 0 radical (unpaired) electrons. The molecule has 1 atom stereocenters. The van der Waals surface area contributed by atoms with Crippen molar-refractivity contribution < 1.29 is 29.0 Å². The van der Waals surface area contributed by atoms with Crippen molar-refractivity contribution in [3.63, 3.8) is 0 Å². The van der Waals surface area contributed by atoms with Gasteiger partial charge in [-0.15, -0.1) is 0 Å². The molecule has 1 saturated heterocycles. The number of methoxy groups -OCH3 is 2. The summed E-state index contributed by atoms with van der Waals surface area (Å²) in [6.07, 6.45) is 5.70. The first kappa shape index (κ1) is 30.2. The highest BCUT2D eigenvalue weighted by atomic mass is 16.5. The van der Waals surface area contributed by atoms with E-state index in [-0.39, 0.29) is 18.4 Å². The number of amides is 3. The Balaban J connectivity index is 0.000000890. The minimum atomic E-state index is -1.11. The van der Waals surface area contributed by atoms with Gasteiger partial charge in [0.05, 0.1) is 37.1 Å². The van der Waals surface area contributed by atoms with Crippen LogP contribution >= 0.6 is 0 Å². The maximum absolute atomic E-state index is 13.9. The topological polar surface area (TPSA) is 112 Å². The number of anilines is 1. The van der Waals surface area contributed by atoms with Gasteiger partial charge in [0.15, 0.2) is 11.5 Å². The summed E-state index contributed by atoms with van der Waals surface area (Å²) >= 11 is 0. The normalized spacial score (nSPS) is 17.2. The number of likely N-dealkylation sites (N-methyl/N-ethyl adjacent to an activating group) is 1. The van der Waals surface area contributed by atoms with E-state index in [0.717, 1.165) is 38.4 Å². The highest BCUT2D eigenvalue weighted by Gasteiger charge is 2.43. The van der Waals surface area contributed by atoms with Crippen molar-refractivity contribution in [2.45, 2.75) is 51.5 Å². The second kappa shape index (κ2) is 14.2. The number of carbonyl (C=O) groups excluding carboxylic acids is 2. The van der Waals surface area contributed by atoms with Gasteiger partial charge in [-0.2, -0.15) is 0 Å². The minimum Gasteiger partial charge on any atom is -0.493 e. The summed E-state index contributed by atoms with van der Waals surface area (Å²) in [5.74, 6) is 0.340. The number of imide groups is 1. The number of benzene rings is 2. The van der Waals surface area contributed by atoms with Crippen LogP contribution in [0.5, 0.6) is 11.5 Å².